The molecule has 2 aromatic carbocycles. The number of benzene rings is 2. The van der Waals surface area contributed by atoms with E-state index in [1.807, 2.05) is 19.9 Å². The van der Waals surface area contributed by atoms with Gasteiger partial charge >= 0.3 is 0 Å². The van der Waals surface area contributed by atoms with Crippen molar-refractivity contribution in [3.8, 4) is 11.5 Å². The topological polar surface area (TPSA) is 82.1 Å². The molecule has 0 N–H and O–H groups in total. The van der Waals surface area contributed by atoms with Gasteiger partial charge in [-0.3, -0.25) is 9.59 Å². The van der Waals surface area contributed by atoms with Crippen LogP contribution in [0.1, 0.15) is 47.3 Å². The standard InChI is InChI=1S/C26H22ClNO6/c1-3-31-20-9-7-15(12-21(20)32-4-2)23-22-24(29)18-13-16(27)8-10-19(18)34-25(22)26(30)28(23)14-17-6-5-11-33-17/h5-13,23H,3-4,14H2,1-2H3. The van der Waals surface area contributed by atoms with Crippen LogP contribution < -0.4 is 14.9 Å². The fraction of sp³-hybridized carbons (Fsp3) is 0.231. The minimum Gasteiger partial charge on any atom is -0.490 e. The van der Waals surface area contributed by atoms with Gasteiger partial charge in [-0.25, -0.2) is 0 Å². The number of ether oxygens (including phenoxy) is 2. The van der Waals surface area contributed by atoms with Crippen molar-refractivity contribution in [2.45, 2.75) is 26.4 Å². The van der Waals surface area contributed by atoms with E-state index in [0.29, 0.717) is 52.0 Å². The van der Waals surface area contributed by atoms with Crippen LogP contribution in [0.2, 0.25) is 5.02 Å². The molecule has 4 aromatic rings. The lowest BCUT2D eigenvalue weighted by Crippen LogP contribution is -2.29. The summed E-state index contributed by atoms with van der Waals surface area (Å²) in [5.41, 5.74) is 0.963. The van der Waals surface area contributed by atoms with Crippen molar-refractivity contribution < 1.29 is 23.1 Å². The van der Waals surface area contributed by atoms with Gasteiger partial charge in [0.1, 0.15) is 11.3 Å². The summed E-state index contributed by atoms with van der Waals surface area (Å²) >= 11 is 6.15. The van der Waals surface area contributed by atoms with Gasteiger partial charge in [-0.15, -0.1) is 0 Å². The summed E-state index contributed by atoms with van der Waals surface area (Å²) in [7, 11) is 0. The van der Waals surface area contributed by atoms with E-state index in [9.17, 15) is 9.59 Å². The van der Waals surface area contributed by atoms with E-state index >= 15 is 0 Å². The van der Waals surface area contributed by atoms with Gasteiger partial charge in [-0.1, -0.05) is 17.7 Å². The average molecular weight is 480 g/mol. The first-order chi connectivity index (χ1) is 16.5. The monoisotopic (exact) mass is 479 g/mol. The summed E-state index contributed by atoms with van der Waals surface area (Å²) in [4.78, 5) is 28.7. The molecule has 1 unspecified atom stereocenters. The Morgan fingerprint density at radius 1 is 1.00 bits per heavy atom. The van der Waals surface area contributed by atoms with Crippen LogP contribution in [0.3, 0.4) is 0 Å². The number of rotatable bonds is 7. The molecule has 1 amide bonds. The molecule has 3 heterocycles. The van der Waals surface area contributed by atoms with Gasteiger partial charge in [0.15, 0.2) is 16.9 Å². The van der Waals surface area contributed by atoms with E-state index in [-0.39, 0.29) is 23.3 Å². The summed E-state index contributed by atoms with van der Waals surface area (Å²) in [6, 6.07) is 13.0. The SMILES string of the molecule is CCOc1ccc(C2c3c(oc4ccc(Cl)cc4c3=O)C(=O)N2Cc2ccco2)cc1OCC. The third-order valence-corrected chi connectivity index (χ3v) is 5.95. The van der Waals surface area contributed by atoms with E-state index in [1.165, 1.54) is 0 Å². The lowest BCUT2D eigenvalue weighted by molar-refractivity contribution is 0.0701. The third-order valence-electron chi connectivity index (χ3n) is 5.72. The number of furan rings is 1. The number of hydrogen-bond donors (Lipinski definition) is 0. The lowest BCUT2D eigenvalue weighted by atomic mass is 9.98. The zero-order valence-corrected chi connectivity index (χ0v) is 19.4. The zero-order chi connectivity index (χ0) is 23.8. The van der Waals surface area contributed by atoms with Crippen molar-refractivity contribution in [3.63, 3.8) is 0 Å². The van der Waals surface area contributed by atoms with E-state index in [1.54, 1.807) is 53.6 Å². The van der Waals surface area contributed by atoms with E-state index in [2.05, 4.69) is 0 Å². The highest BCUT2D eigenvalue weighted by molar-refractivity contribution is 6.31. The summed E-state index contributed by atoms with van der Waals surface area (Å²) in [5, 5.41) is 0.729. The maximum absolute atomic E-state index is 13.7. The first-order valence-corrected chi connectivity index (χ1v) is 11.4. The van der Waals surface area contributed by atoms with Gasteiger partial charge in [0, 0.05) is 5.02 Å². The van der Waals surface area contributed by atoms with Crippen LogP contribution in [0.5, 0.6) is 11.5 Å². The molecular formula is C26H22ClNO6. The van der Waals surface area contributed by atoms with Crippen molar-refractivity contribution in [1.29, 1.82) is 0 Å². The predicted octanol–water partition coefficient (Wildman–Crippen LogP) is 5.58. The van der Waals surface area contributed by atoms with Gasteiger partial charge in [0.25, 0.3) is 5.91 Å². The smallest absolute Gasteiger partial charge is 0.291 e. The number of hydrogen-bond acceptors (Lipinski definition) is 6. The molecule has 174 valence electrons. The Hall–Kier alpha value is -3.71. The van der Waals surface area contributed by atoms with Crippen molar-refractivity contribution in [2.24, 2.45) is 0 Å². The van der Waals surface area contributed by atoms with Crippen LogP contribution in [-0.4, -0.2) is 24.0 Å². The molecule has 0 fully saturated rings. The average Bonchev–Trinajstić information content (AvgIpc) is 3.43. The molecule has 7 nitrogen and oxygen atoms in total. The van der Waals surface area contributed by atoms with Crippen LogP contribution in [0.25, 0.3) is 11.0 Å². The molecule has 2 aromatic heterocycles. The van der Waals surface area contributed by atoms with Gasteiger partial charge in [0.2, 0.25) is 5.76 Å². The fourth-order valence-corrected chi connectivity index (χ4v) is 4.48. The van der Waals surface area contributed by atoms with E-state index in [0.717, 1.165) is 0 Å². The number of carbonyl (C=O) groups excluding carboxylic acids is 1. The second-order valence-corrected chi connectivity index (χ2v) is 8.24. The highest BCUT2D eigenvalue weighted by Gasteiger charge is 2.43. The minimum absolute atomic E-state index is 0.0169. The van der Waals surface area contributed by atoms with Gasteiger partial charge < -0.3 is 23.2 Å². The summed E-state index contributed by atoms with van der Waals surface area (Å²) < 4.78 is 22.9. The first-order valence-electron chi connectivity index (χ1n) is 11.0. The number of halogens is 1. The van der Waals surface area contributed by atoms with Gasteiger partial charge in [-0.2, -0.15) is 0 Å². The normalized spacial score (nSPS) is 15.1. The molecule has 0 radical (unpaired) electrons. The van der Waals surface area contributed by atoms with Gasteiger partial charge in [0.05, 0.1) is 43.0 Å². The molecule has 0 aliphatic carbocycles. The van der Waals surface area contributed by atoms with Gasteiger partial charge in [-0.05, 0) is 61.9 Å². The van der Waals surface area contributed by atoms with Crippen molar-refractivity contribution >= 4 is 28.5 Å². The molecule has 1 aliphatic heterocycles. The number of fused-ring (bicyclic) bond motifs is 2. The summed E-state index contributed by atoms with van der Waals surface area (Å²) in [6.45, 7) is 4.84. The summed E-state index contributed by atoms with van der Waals surface area (Å²) in [5.74, 6) is 1.34. The van der Waals surface area contributed by atoms with Crippen LogP contribution in [0, 0.1) is 0 Å². The molecule has 8 heteroatoms. The Labute approximate surface area is 200 Å². The van der Waals surface area contributed by atoms with Crippen LogP contribution in [0.15, 0.2) is 68.4 Å². The Morgan fingerprint density at radius 2 is 1.79 bits per heavy atom. The number of nitrogens with zero attached hydrogens (tertiary/aromatic N) is 1. The quantitative estimate of drug-likeness (QED) is 0.344. The highest BCUT2D eigenvalue weighted by Crippen LogP contribution is 2.42. The first kappa shape index (κ1) is 22.1. The second-order valence-electron chi connectivity index (χ2n) is 7.80. The Balaban J connectivity index is 1.72. The molecule has 0 bridgehead atoms. The largest absolute Gasteiger partial charge is 0.490 e. The van der Waals surface area contributed by atoms with Crippen LogP contribution >= 0.6 is 11.6 Å². The molecule has 0 spiro atoms. The Kier molecular flexibility index (Phi) is 5.79. The van der Waals surface area contributed by atoms with E-state index < -0.39 is 11.9 Å². The Bertz CT molecular complexity index is 1430. The fourth-order valence-electron chi connectivity index (χ4n) is 4.31. The summed E-state index contributed by atoms with van der Waals surface area (Å²) in [6.07, 6.45) is 1.54. The highest BCUT2D eigenvalue weighted by atomic mass is 35.5. The Morgan fingerprint density at radius 3 is 2.53 bits per heavy atom. The number of carbonyl (C=O) groups is 1. The predicted molar refractivity (Wildman–Crippen MR) is 127 cm³/mol. The van der Waals surface area contributed by atoms with Crippen LogP contribution in [-0.2, 0) is 6.54 Å². The maximum Gasteiger partial charge on any atom is 0.291 e. The molecule has 5 rings (SSSR count). The van der Waals surface area contributed by atoms with Crippen molar-refractivity contribution in [2.75, 3.05) is 13.2 Å². The molecule has 0 saturated carbocycles. The molecule has 34 heavy (non-hydrogen) atoms. The third kappa shape index (κ3) is 3.72. The number of amides is 1. The molecular weight excluding hydrogens is 458 g/mol. The van der Waals surface area contributed by atoms with Crippen molar-refractivity contribution in [3.05, 3.63) is 92.7 Å². The van der Waals surface area contributed by atoms with Crippen LogP contribution in [0.4, 0.5) is 0 Å². The second kappa shape index (κ2) is 8.91. The molecule has 1 aliphatic rings. The maximum atomic E-state index is 13.7. The minimum atomic E-state index is -0.706. The molecule has 0 saturated heterocycles. The zero-order valence-electron chi connectivity index (χ0n) is 18.7. The molecule has 1 atom stereocenters. The lowest BCUT2D eigenvalue weighted by Gasteiger charge is -2.25. The van der Waals surface area contributed by atoms with Crippen molar-refractivity contribution in [1.82, 2.24) is 4.90 Å². The van der Waals surface area contributed by atoms with E-state index in [4.69, 9.17) is 29.9 Å².